The van der Waals surface area contributed by atoms with Gasteiger partial charge in [-0.3, -0.25) is 19.3 Å². The molecule has 8 heteroatoms. The number of allylic oxidation sites excluding steroid dienone is 2. The van der Waals surface area contributed by atoms with Crippen molar-refractivity contribution in [2.24, 2.45) is 23.7 Å². The molecule has 4 atom stereocenters. The van der Waals surface area contributed by atoms with Gasteiger partial charge < -0.3 is 4.90 Å². The summed E-state index contributed by atoms with van der Waals surface area (Å²) >= 11 is 0. The van der Waals surface area contributed by atoms with E-state index in [-0.39, 0.29) is 48.6 Å². The summed E-state index contributed by atoms with van der Waals surface area (Å²) < 4.78 is 38.5. The fraction of sp³-hybridized carbons (Fsp3) is 0.450. The lowest BCUT2D eigenvalue weighted by Gasteiger charge is -2.22. The minimum Gasteiger partial charge on any atom is -0.340 e. The summed E-state index contributed by atoms with van der Waals surface area (Å²) in [7, 11) is 1.44. The summed E-state index contributed by atoms with van der Waals surface area (Å²) in [6, 6.07) is 4.74. The van der Waals surface area contributed by atoms with E-state index in [4.69, 9.17) is 0 Å². The van der Waals surface area contributed by atoms with Crippen LogP contribution >= 0.6 is 0 Å². The zero-order chi connectivity index (χ0) is 20.2. The summed E-state index contributed by atoms with van der Waals surface area (Å²) in [5, 5.41) is 0. The van der Waals surface area contributed by atoms with Crippen molar-refractivity contribution >= 4 is 17.7 Å². The summed E-state index contributed by atoms with van der Waals surface area (Å²) in [5.74, 6) is -1.73. The van der Waals surface area contributed by atoms with Crippen LogP contribution in [-0.4, -0.2) is 41.1 Å². The largest absolute Gasteiger partial charge is 0.416 e. The van der Waals surface area contributed by atoms with Gasteiger partial charge in [0.15, 0.2) is 0 Å². The van der Waals surface area contributed by atoms with Crippen LogP contribution in [-0.2, 0) is 27.1 Å². The van der Waals surface area contributed by atoms with E-state index in [0.717, 1.165) is 23.5 Å². The van der Waals surface area contributed by atoms with Gasteiger partial charge in [0.05, 0.1) is 17.4 Å². The SMILES string of the molecule is CN(Cc1cccc(C(F)(F)F)c1)C(=O)CN1C(=O)[C@H]2[C@H](C1=O)[C@H]1C=C[C@H]2C1. The predicted molar refractivity (Wildman–Crippen MR) is 92.4 cm³/mol. The van der Waals surface area contributed by atoms with Crippen molar-refractivity contribution in [3.05, 3.63) is 47.5 Å². The third kappa shape index (κ3) is 3.00. The van der Waals surface area contributed by atoms with Crippen molar-refractivity contribution in [3.8, 4) is 0 Å². The Labute approximate surface area is 159 Å². The standard InChI is InChI=1S/C20H19F3N2O3/c1-24(9-11-3-2-4-14(7-11)20(21,22)23)15(26)10-25-18(27)16-12-5-6-13(8-12)17(16)19(25)28/h2-7,12-13,16-17H,8-10H2,1H3/t12-,13-,16+,17+/m0/s1. The maximum atomic E-state index is 12.8. The molecule has 1 heterocycles. The van der Waals surface area contributed by atoms with Crippen LogP contribution < -0.4 is 0 Å². The molecule has 5 nitrogen and oxygen atoms in total. The highest BCUT2D eigenvalue weighted by molar-refractivity contribution is 6.08. The summed E-state index contributed by atoms with van der Waals surface area (Å²) in [5.41, 5.74) is -0.463. The molecule has 0 unspecified atom stereocenters. The van der Waals surface area contributed by atoms with E-state index in [2.05, 4.69) is 0 Å². The van der Waals surface area contributed by atoms with Gasteiger partial charge >= 0.3 is 6.18 Å². The molecule has 1 saturated heterocycles. The van der Waals surface area contributed by atoms with Gasteiger partial charge in [-0.15, -0.1) is 0 Å². The van der Waals surface area contributed by atoms with E-state index in [1.165, 1.54) is 24.1 Å². The number of carbonyl (C=O) groups excluding carboxylic acids is 3. The van der Waals surface area contributed by atoms with E-state index in [1.54, 1.807) is 0 Å². The molecule has 3 amide bonds. The fourth-order valence-electron chi connectivity index (χ4n) is 4.58. The van der Waals surface area contributed by atoms with Crippen molar-refractivity contribution in [3.63, 3.8) is 0 Å². The van der Waals surface area contributed by atoms with Crippen LogP contribution in [0, 0.1) is 23.7 Å². The molecule has 2 fully saturated rings. The monoisotopic (exact) mass is 392 g/mol. The maximum Gasteiger partial charge on any atom is 0.416 e. The van der Waals surface area contributed by atoms with E-state index in [1.807, 2.05) is 12.2 Å². The molecule has 4 rings (SSSR count). The van der Waals surface area contributed by atoms with Gasteiger partial charge in [0.25, 0.3) is 0 Å². The lowest BCUT2D eigenvalue weighted by atomic mass is 9.85. The zero-order valence-electron chi connectivity index (χ0n) is 15.1. The highest BCUT2D eigenvalue weighted by atomic mass is 19.4. The van der Waals surface area contributed by atoms with Gasteiger partial charge in [0.1, 0.15) is 6.54 Å². The van der Waals surface area contributed by atoms with Gasteiger partial charge in [-0.1, -0.05) is 24.3 Å². The Balaban J connectivity index is 1.42. The molecule has 148 valence electrons. The first-order chi connectivity index (χ1) is 13.2. The van der Waals surface area contributed by atoms with Gasteiger partial charge in [-0.25, -0.2) is 0 Å². The third-order valence-corrected chi connectivity index (χ3v) is 5.95. The molecular weight excluding hydrogens is 373 g/mol. The molecule has 1 aliphatic heterocycles. The molecule has 2 bridgehead atoms. The molecule has 28 heavy (non-hydrogen) atoms. The van der Waals surface area contributed by atoms with Gasteiger partial charge in [-0.2, -0.15) is 13.2 Å². The molecule has 1 saturated carbocycles. The van der Waals surface area contributed by atoms with Crippen LogP contribution in [0.25, 0.3) is 0 Å². The highest BCUT2D eigenvalue weighted by Gasteiger charge is 2.59. The van der Waals surface area contributed by atoms with Crippen molar-refractivity contribution in [1.29, 1.82) is 0 Å². The summed E-state index contributed by atoms with van der Waals surface area (Å²) in [4.78, 5) is 40.0. The number of likely N-dealkylation sites (N-methyl/N-ethyl adjacent to an activating group) is 1. The van der Waals surface area contributed by atoms with Crippen molar-refractivity contribution in [2.75, 3.05) is 13.6 Å². The van der Waals surface area contributed by atoms with Crippen LogP contribution in [0.3, 0.4) is 0 Å². The number of amides is 3. The van der Waals surface area contributed by atoms with Gasteiger partial charge in [0.2, 0.25) is 17.7 Å². The molecule has 1 aromatic rings. The number of rotatable bonds is 4. The number of hydrogen-bond donors (Lipinski definition) is 0. The van der Waals surface area contributed by atoms with E-state index in [9.17, 15) is 27.6 Å². The van der Waals surface area contributed by atoms with Crippen molar-refractivity contribution in [2.45, 2.75) is 19.1 Å². The minimum absolute atomic E-state index is 0.0430. The number of nitrogens with zero attached hydrogens (tertiary/aromatic N) is 2. The Morgan fingerprint density at radius 3 is 2.32 bits per heavy atom. The maximum absolute atomic E-state index is 12.8. The molecule has 2 aliphatic carbocycles. The van der Waals surface area contributed by atoms with Gasteiger partial charge in [-0.05, 0) is 36.0 Å². The molecule has 0 aromatic heterocycles. The summed E-state index contributed by atoms with van der Waals surface area (Å²) in [6.07, 6.45) is 0.298. The van der Waals surface area contributed by atoms with E-state index in [0.29, 0.717) is 5.56 Å². The first-order valence-electron chi connectivity index (χ1n) is 9.10. The smallest absolute Gasteiger partial charge is 0.340 e. The second kappa shape index (κ2) is 6.46. The number of alkyl halides is 3. The Morgan fingerprint density at radius 2 is 1.75 bits per heavy atom. The van der Waals surface area contributed by atoms with Crippen molar-refractivity contribution < 1.29 is 27.6 Å². The van der Waals surface area contributed by atoms with Crippen LogP contribution in [0.1, 0.15) is 17.5 Å². The Kier molecular flexibility index (Phi) is 4.32. The normalized spacial score (nSPS) is 28.2. The van der Waals surface area contributed by atoms with Crippen molar-refractivity contribution in [1.82, 2.24) is 9.80 Å². The number of benzene rings is 1. The first-order valence-corrected chi connectivity index (χ1v) is 9.10. The number of fused-ring (bicyclic) bond motifs is 5. The number of hydrogen-bond acceptors (Lipinski definition) is 3. The molecule has 0 spiro atoms. The second-order valence-corrected chi connectivity index (χ2v) is 7.71. The third-order valence-electron chi connectivity index (χ3n) is 5.95. The first kappa shape index (κ1) is 18.7. The van der Waals surface area contributed by atoms with Gasteiger partial charge in [0, 0.05) is 13.6 Å². The molecule has 1 aromatic carbocycles. The molecule has 0 N–H and O–H groups in total. The molecular formula is C20H19F3N2O3. The zero-order valence-corrected chi connectivity index (χ0v) is 15.1. The van der Waals surface area contributed by atoms with Crippen LogP contribution in [0.15, 0.2) is 36.4 Å². The Bertz CT molecular complexity index is 850. The van der Waals surface area contributed by atoms with Crippen LogP contribution in [0.2, 0.25) is 0 Å². The average Bonchev–Trinajstić information content (AvgIpc) is 3.31. The number of halogens is 3. The minimum atomic E-state index is -4.46. The number of imide groups is 1. The lowest BCUT2D eigenvalue weighted by Crippen LogP contribution is -2.42. The predicted octanol–water partition coefficient (Wildman–Crippen LogP) is 2.47. The Morgan fingerprint density at radius 1 is 1.14 bits per heavy atom. The van der Waals surface area contributed by atoms with Crippen LogP contribution in [0.5, 0.6) is 0 Å². The van der Waals surface area contributed by atoms with E-state index < -0.39 is 17.6 Å². The number of likely N-dealkylation sites (tertiary alicyclic amines) is 1. The lowest BCUT2D eigenvalue weighted by molar-refractivity contribution is -0.147. The highest BCUT2D eigenvalue weighted by Crippen LogP contribution is 2.52. The quantitative estimate of drug-likeness (QED) is 0.584. The number of carbonyl (C=O) groups is 3. The van der Waals surface area contributed by atoms with E-state index >= 15 is 0 Å². The topological polar surface area (TPSA) is 57.7 Å². The summed E-state index contributed by atoms with van der Waals surface area (Å²) in [6.45, 7) is -0.418. The fourth-order valence-corrected chi connectivity index (χ4v) is 4.58. The molecule has 0 radical (unpaired) electrons. The molecule has 3 aliphatic rings. The average molecular weight is 392 g/mol. The Hall–Kier alpha value is -2.64. The second-order valence-electron chi connectivity index (χ2n) is 7.71. The van der Waals surface area contributed by atoms with Crippen LogP contribution in [0.4, 0.5) is 13.2 Å².